The molecule has 0 saturated carbocycles. The maximum absolute atomic E-state index is 13.7. The second-order valence-corrected chi connectivity index (χ2v) is 10.1. The lowest BCUT2D eigenvalue weighted by molar-refractivity contribution is -0.137. The summed E-state index contributed by atoms with van der Waals surface area (Å²) in [5, 5.41) is 3.23. The number of rotatable bonds is 5. The molecule has 1 aliphatic rings. The first kappa shape index (κ1) is 27.2. The number of halogens is 3. The van der Waals surface area contributed by atoms with Gasteiger partial charge in [0.1, 0.15) is 5.82 Å². The smallest absolute Gasteiger partial charge is 0.322 e. The van der Waals surface area contributed by atoms with Gasteiger partial charge in [-0.05, 0) is 56.0 Å². The van der Waals surface area contributed by atoms with Crippen molar-refractivity contribution in [1.82, 2.24) is 19.5 Å². The number of hydrogen-bond donors (Lipinski definition) is 1. The van der Waals surface area contributed by atoms with Gasteiger partial charge in [0, 0.05) is 41.9 Å². The molecule has 3 heterocycles. The molecule has 3 amide bonds. The van der Waals surface area contributed by atoms with Crippen LogP contribution in [0.4, 0.5) is 35.2 Å². The van der Waals surface area contributed by atoms with Gasteiger partial charge in [-0.3, -0.25) is 14.6 Å². The molecule has 0 unspecified atom stereocenters. The Bertz CT molecular complexity index is 1640. The minimum atomic E-state index is -4.66. The first-order chi connectivity index (χ1) is 18.9. The number of hydrogen-bond acceptors (Lipinski definition) is 6. The van der Waals surface area contributed by atoms with Crippen LogP contribution in [0.3, 0.4) is 0 Å². The van der Waals surface area contributed by atoms with Crippen molar-refractivity contribution in [3.63, 3.8) is 0 Å². The maximum atomic E-state index is 13.7. The summed E-state index contributed by atoms with van der Waals surface area (Å²) in [6.45, 7) is 3.75. The number of alkyl halides is 3. The highest BCUT2D eigenvalue weighted by atomic mass is 32.2. The molecular formula is C27H24F3N7O2S. The summed E-state index contributed by atoms with van der Waals surface area (Å²) in [5.74, 6) is -0.208. The number of thioether (sulfide) groups is 1. The molecule has 206 valence electrons. The number of nitrogens with one attached hydrogen (secondary N) is 1. The Hall–Kier alpha value is -4.39. The van der Waals surface area contributed by atoms with Gasteiger partial charge in [0.05, 0.1) is 29.8 Å². The van der Waals surface area contributed by atoms with E-state index in [1.165, 1.54) is 33.6 Å². The van der Waals surface area contributed by atoms with E-state index in [4.69, 9.17) is 0 Å². The van der Waals surface area contributed by atoms with E-state index in [1.807, 2.05) is 13.2 Å². The molecule has 9 nitrogen and oxygen atoms in total. The number of urea groups is 1. The number of aromatic nitrogens is 4. The number of amides is 3. The zero-order chi connectivity index (χ0) is 28.8. The number of nitrogens with zero attached hydrogens (tertiary/aromatic N) is 6. The molecule has 0 atom stereocenters. The Morgan fingerprint density at radius 2 is 1.88 bits per heavy atom. The zero-order valence-corrected chi connectivity index (χ0v) is 22.8. The molecular weight excluding hydrogens is 543 g/mol. The minimum Gasteiger partial charge on any atom is -0.322 e. The van der Waals surface area contributed by atoms with Gasteiger partial charge in [-0.2, -0.15) is 13.2 Å². The average molecular weight is 568 g/mol. The highest BCUT2D eigenvalue weighted by Crippen LogP contribution is 2.34. The SMILES string of the molecule is CSc1ncc2c(n1)N(C)C(=O)N(c1cc(NC(=O)c3cc(-n4cnc(C)c4)cc(C(F)(F)F)c3)ccc1C)C2. The number of anilines is 3. The molecule has 1 N–H and O–H groups in total. The van der Waals surface area contributed by atoms with Crippen molar-refractivity contribution in [2.45, 2.75) is 31.7 Å². The molecule has 5 rings (SSSR count). The molecule has 1 aliphatic heterocycles. The second kappa shape index (κ2) is 10.3. The predicted octanol–water partition coefficient (Wildman–Crippen LogP) is 5.85. The van der Waals surface area contributed by atoms with E-state index in [-0.39, 0.29) is 23.8 Å². The third-order valence-corrected chi connectivity index (χ3v) is 7.00. The van der Waals surface area contributed by atoms with Crippen molar-refractivity contribution in [3.05, 3.63) is 83.1 Å². The van der Waals surface area contributed by atoms with Gasteiger partial charge in [-0.1, -0.05) is 17.8 Å². The highest BCUT2D eigenvalue weighted by molar-refractivity contribution is 7.98. The number of carbonyl (C=O) groups excluding carboxylic acids is 2. The lowest BCUT2D eigenvalue weighted by atomic mass is 10.1. The fraction of sp³-hybridized carbons (Fsp3) is 0.222. The van der Waals surface area contributed by atoms with Crippen LogP contribution in [-0.4, -0.2) is 44.8 Å². The molecule has 0 saturated heterocycles. The summed E-state index contributed by atoms with van der Waals surface area (Å²) < 4.78 is 42.4. The minimum absolute atomic E-state index is 0.151. The Kier molecular flexibility index (Phi) is 7.00. The van der Waals surface area contributed by atoms with E-state index >= 15 is 0 Å². The fourth-order valence-electron chi connectivity index (χ4n) is 4.38. The van der Waals surface area contributed by atoms with Gasteiger partial charge < -0.3 is 9.88 Å². The molecule has 0 spiro atoms. The van der Waals surface area contributed by atoms with Crippen molar-refractivity contribution >= 4 is 40.9 Å². The lowest BCUT2D eigenvalue weighted by Gasteiger charge is -2.34. The van der Waals surface area contributed by atoms with Crippen LogP contribution in [0.1, 0.15) is 32.7 Å². The van der Waals surface area contributed by atoms with Gasteiger partial charge in [0.2, 0.25) is 0 Å². The van der Waals surface area contributed by atoms with Crippen LogP contribution in [0.5, 0.6) is 0 Å². The van der Waals surface area contributed by atoms with Crippen molar-refractivity contribution in [2.75, 3.05) is 28.4 Å². The van der Waals surface area contributed by atoms with Gasteiger partial charge in [0.15, 0.2) is 5.16 Å². The van der Waals surface area contributed by atoms with E-state index in [2.05, 4.69) is 20.3 Å². The van der Waals surface area contributed by atoms with E-state index in [0.717, 1.165) is 23.3 Å². The fourth-order valence-corrected chi connectivity index (χ4v) is 4.71. The second-order valence-electron chi connectivity index (χ2n) is 9.28. The normalized spacial score (nSPS) is 13.4. The lowest BCUT2D eigenvalue weighted by Crippen LogP contribution is -2.46. The molecule has 2 aromatic heterocycles. The van der Waals surface area contributed by atoms with Crippen LogP contribution in [0.25, 0.3) is 5.69 Å². The molecule has 4 aromatic rings. The van der Waals surface area contributed by atoms with E-state index in [0.29, 0.717) is 28.0 Å². The van der Waals surface area contributed by atoms with Gasteiger partial charge in [-0.25, -0.2) is 19.7 Å². The van der Waals surface area contributed by atoms with Crippen LogP contribution in [-0.2, 0) is 12.7 Å². The highest BCUT2D eigenvalue weighted by Gasteiger charge is 2.33. The van der Waals surface area contributed by atoms with Crippen LogP contribution >= 0.6 is 11.8 Å². The molecule has 0 fully saturated rings. The Morgan fingerprint density at radius 1 is 1.10 bits per heavy atom. The van der Waals surface area contributed by atoms with Crippen LogP contribution < -0.4 is 15.1 Å². The number of benzene rings is 2. The topological polar surface area (TPSA) is 96.3 Å². The average Bonchev–Trinajstić information content (AvgIpc) is 3.37. The predicted molar refractivity (Wildman–Crippen MR) is 146 cm³/mol. The largest absolute Gasteiger partial charge is 0.416 e. The molecule has 13 heteroatoms. The van der Waals surface area contributed by atoms with Crippen LogP contribution in [0, 0.1) is 13.8 Å². The van der Waals surface area contributed by atoms with Gasteiger partial charge in [0.25, 0.3) is 5.91 Å². The van der Waals surface area contributed by atoms with Crippen molar-refractivity contribution in [3.8, 4) is 5.69 Å². The molecule has 2 aromatic carbocycles. The summed E-state index contributed by atoms with van der Waals surface area (Å²) in [6, 6.07) is 7.79. The number of carbonyl (C=O) groups is 2. The molecule has 40 heavy (non-hydrogen) atoms. The van der Waals surface area contributed by atoms with E-state index in [9.17, 15) is 22.8 Å². The first-order valence-corrected chi connectivity index (χ1v) is 13.3. The molecule has 0 bridgehead atoms. The van der Waals surface area contributed by atoms with Crippen molar-refractivity contribution in [2.24, 2.45) is 0 Å². The first-order valence-electron chi connectivity index (χ1n) is 12.0. The monoisotopic (exact) mass is 567 g/mol. The summed E-state index contributed by atoms with van der Waals surface area (Å²) in [7, 11) is 1.62. The van der Waals surface area contributed by atoms with Crippen LogP contribution in [0.15, 0.2) is 60.3 Å². The zero-order valence-electron chi connectivity index (χ0n) is 21.9. The number of aryl methyl sites for hydroxylation is 2. The quantitative estimate of drug-likeness (QED) is 0.240. The molecule has 0 radical (unpaired) electrons. The summed E-state index contributed by atoms with van der Waals surface area (Å²) in [6.07, 6.45) is 1.82. The van der Waals surface area contributed by atoms with Crippen LogP contribution in [0.2, 0.25) is 0 Å². The maximum Gasteiger partial charge on any atom is 0.416 e. The van der Waals surface area contributed by atoms with Crippen molar-refractivity contribution < 1.29 is 22.8 Å². The molecule has 0 aliphatic carbocycles. The van der Waals surface area contributed by atoms with Gasteiger partial charge >= 0.3 is 12.2 Å². The number of imidazole rings is 1. The third-order valence-electron chi connectivity index (χ3n) is 6.44. The Morgan fingerprint density at radius 3 is 2.55 bits per heavy atom. The number of fused-ring (bicyclic) bond motifs is 1. The summed E-state index contributed by atoms with van der Waals surface area (Å²) in [4.78, 5) is 42.3. The third kappa shape index (κ3) is 5.24. The Labute approximate surface area is 232 Å². The van der Waals surface area contributed by atoms with Crippen molar-refractivity contribution in [1.29, 1.82) is 0 Å². The standard InChI is InChI=1S/C27H24F3N7O2S/c1-15-5-6-20(10-22(15)37-13-18-11-31-25(40-4)34-23(18)35(3)26(37)39)33-24(38)17-7-19(27(28,29)30)9-21(8-17)36-12-16(2)32-14-36/h5-12,14H,13H2,1-4H3,(H,33,38). The van der Waals surface area contributed by atoms with Gasteiger partial charge in [-0.15, -0.1) is 0 Å². The summed E-state index contributed by atoms with van der Waals surface area (Å²) >= 11 is 1.37. The summed E-state index contributed by atoms with van der Waals surface area (Å²) in [5.41, 5.74) is 2.00. The Balaban J connectivity index is 1.46. The van der Waals surface area contributed by atoms with E-state index < -0.39 is 17.6 Å². The van der Waals surface area contributed by atoms with E-state index in [1.54, 1.807) is 49.5 Å².